The van der Waals surface area contributed by atoms with E-state index in [1.165, 1.54) is 0 Å². The van der Waals surface area contributed by atoms with Gasteiger partial charge in [0.15, 0.2) is 0 Å². The number of carbonyl (C=O) groups excluding carboxylic acids is 1. The van der Waals surface area contributed by atoms with E-state index in [9.17, 15) is 13.6 Å². The maximum absolute atomic E-state index is 14.0. The number of carbonyl (C=O) groups is 1. The first kappa shape index (κ1) is 19.1. The summed E-state index contributed by atoms with van der Waals surface area (Å²) in [5.41, 5.74) is 6.91. The molecule has 4 N–H and O–H groups in total. The summed E-state index contributed by atoms with van der Waals surface area (Å²) in [6, 6.07) is 4.08. The van der Waals surface area contributed by atoms with Crippen molar-refractivity contribution < 1.29 is 18.3 Å². The summed E-state index contributed by atoms with van der Waals surface area (Å²) in [5, 5.41) is 10.9. The third-order valence-corrected chi connectivity index (χ3v) is 5.12. The topological polar surface area (TPSA) is 91.4 Å². The SMILES string of the molecule is CC1CCc2c(ccc(/C(C=N)=C/NC3CC3)c2OC(F)(F)C(N)=O)N1C. The monoisotopic (exact) mass is 378 g/mol. The summed E-state index contributed by atoms with van der Waals surface area (Å²) in [7, 11) is 1.89. The Bertz CT molecular complexity index is 790. The minimum Gasteiger partial charge on any atom is -0.424 e. The number of halogens is 2. The fourth-order valence-electron chi connectivity index (χ4n) is 3.15. The maximum atomic E-state index is 14.0. The number of nitrogens with zero attached hydrogens (tertiary/aromatic N) is 1. The van der Waals surface area contributed by atoms with E-state index in [0.29, 0.717) is 29.2 Å². The van der Waals surface area contributed by atoms with E-state index < -0.39 is 12.0 Å². The number of anilines is 1. The third-order valence-electron chi connectivity index (χ3n) is 5.12. The van der Waals surface area contributed by atoms with Gasteiger partial charge in [0.25, 0.3) is 0 Å². The van der Waals surface area contributed by atoms with Crippen LogP contribution >= 0.6 is 0 Å². The fourth-order valence-corrected chi connectivity index (χ4v) is 3.15. The Hall–Kier alpha value is -2.64. The Morgan fingerprint density at radius 2 is 2.11 bits per heavy atom. The van der Waals surface area contributed by atoms with Crippen LogP contribution in [-0.2, 0) is 11.2 Å². The number of fused-ring (bicyclic) bond motifs is 1. The molecule has 1 saturated carbocycles. The lowest BCUT2D eigenvalue weighted by Crippen LogP contribution is -2.41. The summed E-state index contributed by atoms with van der Waals surface area (Å²) in [4.78, 5) is 13.1. The van der Waals surface area contributed by atoms with Gasteiger partial charge >= 0.3 is 12.0 Å². The zero-order chi connectivity index (χ0) is 19.8. The summed E-state index contributed by atoms with van der Waals surface area (Å²) >= 11 is 0. The molecule has 0 bridgehead atoms. The molecule has 0 saturated heterocycles. The highest BCUT2D eigenvalue weighted by atomic mass is 19.3. The molecule has 0 spiro atoms. The van der Waals surface area contributed by atoms with Crippen LogP contribution in [0.25, 0.3) is 5.57 Å². The molecule has 0 aromatic heterocycles. The number of allylic oxidation sites excluding steroid dienone is 1. The van der Waals surface area contributed by atoms with Gasteiger partial charge in [-0.3, -0.25) is 4.79 Å². The number of nitrogens with two attached hydrogens (primary N) is 1. The second kappa shape index (κ2) is 7.17. The van der Waals surface area contributed by atoms with E-state index in [2.05, 4.69) is 12.2 Å². The van der Waals surface area contributed by atoms with Gasteiger partial charge < -0.3 is 26.1 Å². The van der Waals surface area contributed by atoms with E-state index in [0.717, 1.165) is 31.2 Å². The molecule has 1 heterocycles. The van der Waals surface area contributed by atoms with Crippen molar-refractivity contribution in [2.45, 2.75) is 50.8 Å². The molecule has 27 heavy (non-hydrogen) atoms. The molecule has 3 rings (SSSR count). The van der Waals surface area contributed by atoms with Crippen LogP contribution in [0.5, 0.6) is 5.75 Å². The molecule has 1 fully saturated rings. The molecule has 0 radical (unpaired) electrons. The van der Waals surface area contributed by atoms with E-state index >= 15 is 0 Å². The van der Waals surface area contributed by atoms with Crippen molar-refractivity contribution in [2.75, 3.05) is 11.9 Å². The molecule has 8 heteroatoms. The number of amides is 1. The molecule has 1 aliphatic carbocycles. The number of hydrogen-bond donors (Lipinski definition) is 3. The summed E-state index contributed by atoms with van der Waals surface area (Å²) in [5.74, 6) is -1.94. The van der Waals surface area contributed by atoms with Gasteiger partial charge in [-0.05, 0) is 44.7 Å². The molecule has 6 nitrogen and oxygen atoms in total. The summed E-state index contributed by atoms with van der Waals surface area (Å²) < 4.78 is 33.0. The van der Waals surface area contributed by atoms with Gasteiger partial charge in [0, 0.05) is 53.9 Å². The Morgan fingerprint density at radius 3 is 2.70 bits per heavy atom. The lowest BCUT2D eigenvalue weighted by Gasteiger charge is -2.35. The van der Waals surface area contributed by atoms with Gasteiger partial charge in [-0.25, -0.2) is 0 Å². The highest BCUT2D eigenvalue weighted by Gasteiger charge is 2.42. The number of primary amides is 1. The molecule has 1 unspecified atom stereocenters. The Balaban J connectivity index is 2.10. The van der Waals surface area contributed by atoms with Crippen molar-refractivity contribution in [3.05, 3.63) is 29.5 Å². The average molecular weight is 378 g/mol. The lowest BCUT2D eigenvalue weighted by atomic mass is 9.92. The van der Waals surface area contributed by atoms with Crippen molar-refractivity contribution in [1.29, 1.82) is 5.41 Å². The van der Waals surface area contributed by atoms with Gasteiger partial charge in [-0.15, -0.1) is 0 Å². The predicted octanol–water partition coefficient (Wildman–Crippen LogP) is 2.66. The van der Waals surface area contributed by atoms with Gasteiger partial charge in [0.05, 0.1) is 0 Å². The number of hydrogen-bond acceptors (Lipinski definition) is 5. The molecule has 1 amide bonds. The molecular weight excluding hydrogens is 354 g/mol. The van der Waals surface area contributed by atoms with Crippen LogP contribution in [0, 0.1) is 5.41 Å². The van der Waals surface area contributed by atoms with Crippen molar-refractivity contribution in [1.82, 2.24) is 5.32 Å². The molecular formula is C19H24F2N4O2. The van der Waals surface area contributed by atoms with Gasteiger partial charge in [0.1, 0.15) is 5.75 Å². The van der Waals surface area contributed by atoms with E-state index in [1.807, 2.05) is 18.0 Å². The first-order valence-corrected chi connectivity index (χ1v) is 8.97. The number of alkyl halides is 2. The first-order valence-electron chi connectivity index (χ1n) is 8.97. The predicted molar refractivity (Wildman–Crippen MR) is 100 cm³/mol. The van der Waals surface area contributed by atoms with Gasteiger partial charge in [0.2, 0.25) is 0 Å². The van der Waals surface area contributed by atoms with Crippen LogP contribution in [0.15, 0.2) is 18.3 Å². The quantitative estimate of drug-likeness (QED) is 0.636. The molecule has 2 aliphatic rings. The molecule has 1 aliphatic heterocycles. The normalized spacial score (nSPS) is 20.1. The zero-order valence-electron chi connectivity index (χ0n) is 15.4. The highest BCUT2D eigenvalue weighted by molar-refractivity contribution is 6.09. The van der Waals surface area contributed by atoms with Crippen LogP contribution < -0.4 is 20.7 Å². The standard InChI is InChI=1S/C19H24F2N4O2/c1-11-3-6-15-16(25(11)2)8-7-14(12(9-22)10-24-13-4-5-13)17(15)27-19(20,21)18(23)26/h7-11,13,22,24H,3-6H2,1-2H3,(H2,23,26)/b12-10+,22-9?. The first-order chi connectivity index (χ1) is 12.7. The van der Waals surface area contributed by atoms with E-state index in [1.54, 1.807) is 12.3 Å². The van der Waals surface area contributed by atoms with Crippen molar-refractivity contribution in [3.63, 3.8) is 0 Å². The second-order valence-electron chi connectivity index (χ2n) is 7.11. The molecule has 1 aromatic carbocycles. The Labute approximate surface area is 156 Å². The Kier molecular flexibility index (Phi) is 5.08. The summed E-state index contributed by atoms with van der Waals surface area (Å²) in [6.07, 6.45) is 1.95. The largest absolute Gasteiger partial charge is 0.482 e. The maximum Gasteiger partial charge on any atom is 0.482 e. The van der Waals surface area contributed by atoms with E-state index in [-0.39, 0.29) is 11.8 Å². The number of nitrogens with one attached hydrogen (secondary N) is 2. The average Bonchev–Trinajstić information content (AvgIpc) is 3.44. The Morgan fingerprint density at radius 1 is 1.41 bits per heavy atom. The smallest absolute Gasteiger partial charge is 0.424 e. The minimum atomic E-state index is -4.14. The number of benzene rings is 1. The van der Waals surface area contributed by atoms with Crippen LogP contribution in [0.3, 0.4) is 0 Å². The van der Waals surface area contributed by atoms with Gasteiger partial charge in [-0.1, -0.05) is 0 Å². The molecule has 1 atom stereocenters. The summed E-state index contributed by atoms with van der Waals surface area (Å²) in [6.45, 7) is 2.05. The number of ether oxygens (including phenoxy) is 1. The van der Waals surface area contributed by atoms with Crippen molar-refractivity contribution in [3.8, 4) is 5.75 Å². The zero-order valence-corrected chi connectivity index (χ0v) is 15.4. The molecule has 1 aromatic rings. The van der Waals surface area contributed by atoms with Crippen LogP contribution in [-0.4, -0.2) is 37.4 Å². The van der Waals surface area contributed by atoms with E-state index in [4.69, 9.17) is 15.9 Å². The van der Waals surface area contributed by atoms with Crippen molar-refractivity contribution in [2.24, 2.45) is 5.73 Å². The number of rotatable bonds is 7. The minimum absolute atomic E-state index is 0.0950. The van der Waals surface area contributed by atoms with Crippen LogP contribution in [0.4, 0.5) is 14.5 Å². The highest BCUT2D eigenvalue weighted by Crippen LogP contribution is 2.42. The van der Waals surface area contributed by atoms with Crippen LogP contribution in [0.1, 0.15) is 37.3 Å². The van der Waals surface area contributed by atoms with Crippen LogP contribution in [0.2, 0.25) is 0 Å². The fraction of sp³-hybridized carbons (Fsp3) is 0.474. The second-order valence-corrected chi connectivity index (χ2v) is 7.11. The van der Waals surface area contributed by atoms with Gasteiger partial charge in [-0.2, -0.15) is 8.78 Å². The van der Waals surface area contributed by atoms with Crippen molar-refractivity contribution >= 4 is 23.4 Å². The molecule has 146 valence electrons. The lowest BCUT2D eigenvalue weighted by molar-refractivity contribution is -0.189. The third kappa shape index (κ3) is 3.89.